The van der Waals surface area contributed by atoms with Crippen molar-refractivity contribution in [2.24, 2.45) is 0 Å². The molecule has 0 radical (unpaired) electrons. The predicted molar refractivity (Wildman–Crippen MR) is 168 cm³/mol. The molecular weight excluding hydrogens is 586 g/mol. The third-order valence-corrected chi connectivity index (χ3v) is 7.02. The Morgan fingerprint density at radius 1 is 0.773 bits per heavy atom. The zero-order valence-electron chi connectivity index (χ0n) is 25.9. The van der Waals surface area contributed by atoms with Gasteiger partial charge in [-0.15, -0.1) is 0 Å². The summed E-state index contributed by atoms with van der Waals surface area (Å²) < 4.78 is 15.5. The third-order valence-electron chi connectivity index (χ3n) is 5.91. The molecule has 11 nitrogen and oxygen atoms in total. The fraction of sp³-hybridized carbons (Fsp3) is 0.469. The van der Waals surface area contributed by atoms with Gasteiger partial charge in [0.15, 0.2) is 6.04 Å². The lowest BCUT2D eigenvalue weighted by Gasteiger charge is -2.24. The molecule has 0 aliphatic heterocycles. The normalized spacial score (nSPS) is 13.0. The first kappa shape index (κ1) is 36.1. The Morgan fingerprint density at radius 3 is 1.95 bits per heavy atom. The van der Waals surface area contributed by atoms with Gasteiger partial charge in [0.25, 0.3) is 0 Å². The van der Waals surface area contributed by atoms with Gasteiger partial charge in [-0.1, -0.05) is 60.7 Å². The average Bonchev–Trinajstić information content (AvgIpc) is 2.97. The van der Waals surface area contributed by atoms with E-state index < -0.39 is 53.6 Å². The van der Waals surface area contributed by atoms with Crippen molar-refractivity contribution in [3.05, 3.63) is 71.8 Å². The Hall–Kier alpha value is -4.06. The van der Waals surface area contributed by atoms with Crippen LogP contribution in [0, 0.1) is 0 Å². The second-order valence-electron chi connectivity index (χ2n) is 10.7. The van der Waals surface area contributed by atoms with E-state index in [4.69, 9.17) is 14.2 Å². The minimum Gasteiger partial charge on any atom is -0.464 e. The van der Waals surface area contributed by atoms with Gasteiger partial charge in [-0.05, 0) is 52.2 Å². The van der Waals surface area contributed by atoms with Crippen LogP contribution in [-0.2, 0) is 39.1 Å². The van der Waals surface area contributed by atoms with E-state index in [0.717, 1.165) is 5.56 Å². The lowest BCUT2D eigenvalue weighted by atomic mass is 10.1. The zero-order valence-corrected chi connectivity index (χ0v) is 26.7. The molecule has 0 aliphatic carbocycles. The van der Waals surface area contributed by atoms with E-state index >= 15 is 0 Å². The summed E-state index contributed by atoms with van der Waals surface area (Å²) in [5.41, 5.74) is 0.786. The van der Waals surface area contributed by atoms with Crippen LogP contribution in [0.4, 0.5) is 4.79 Å². The van der Waals surface area contributed by atoms with Crippen molar-refractivity contribution in [2.75, 3.05) is 19.0 Å². The van der Waals surface area contributed by atoms with Crippen molar-refractivity contribution in [2.45, 2.75) is 76.9 Å². The Bertz CT molecular complexity index is 1220. The Balaban J connectivity index is 2.16. The molecule has 3 unspecified atom stereocenters. The number of benzene rings is 2. The minimum absolute atomic E-state index is 0.0848. The number of hydrogen-bond acceptors (Lipinski definition) is 9. The van der Waals surface area contributed by atoms with Gasteiger partial charge in [0.1, 0.15) is 17.7 Å². The molecule has 3 amide bonds. The number of rotatable bonds is 16. The summed E-state index contributed by atoms with van der Waals surface area (Å²) in [6, 6.07) is 15.1. The van der Waals surface area contributed by atoms with Crippen LogP contribution in [0.5, 0.6) is 0 Å². The van der Waals surface area contributed by atoms with Gasteiger partial charge >= 0.3 is 18.0 Å². The Morgan fingerprint density at radius 2 is 1.36 bits per heavy atom. The summed E-state index contributed by atoms with van der Waals surface area (Å²) in [6.45, 7) is 8.57. The predicted octanol–water partition coefficient (Wildman–Crippen LogP) is 4.06. The highest BCUT2D eigenvalue weighted by molar-refractivity contribution is 7.98. The molecule has 0 aliphatic rings. The van der Waals surface area contributed by atoms with E-state index in [0.29, 0.717) is 11.3 Å². The van der Waals surface area contributed by atoms with E-state index in [-0.39, 0.29) is 31.8 Å². The third kappa shape index (κ3) is 13.5. The number of amides is 3. The molecule has 0 bridgehead atoms. The number of carbonyl (C=O) groups excluding carboxylic acids is 5. The quantitative estimate of drug-likeness (QED) is 0.185. The number of esters is 2. The molecule has 0 heterocycles. The standard InChI is InChI=1S/C32H43N3O8S/c1-6-41-29(38)24(34-31(40)43-32(3,4)5)18-19-26(36)33-25(21-44-20-22-14-10-8-11-15-22)28(37)35-27(30(39)42-7-2)23-16-12-9-13-17-23/h8-17,24-25,27H,6-7,18-21H2,1-5H3,(H,33,36)(H,34,40)(H,35,37). The minimum atomic E-state index is -1.14. The molecule has 0 spiro atoms. The largest absolute Gasteiger partial charge is 0.464 e. The van der Waals surface area contributed by atoms with E-state index in [2.05, 4.69) is 16.0 Å². The molecule has 0 saturated heterocycles. The van der Waals surface area contributed by atoms with Crippen molar-refractivity contribution in [1.82, 2.24) is 16.0 Å². The number of nitrogens with one attached hydrogen (secondary N) is 3. The highest BCUT2D eigenvalue weighted by Crippen LogP contribution is 2.17. The lowest BCUT2D eigenvalue weighted by Crippen LogP contribution is -2.51. The molecule has 0 aromatic heterocycles. The van der Waals surface area contributed by atoms with Crippen LogP contribution in [-0.4, -0.2) is 66.5 Å². The maximum absolute atomic E-state index is 13.5. The van der Waals surface area contributed by atoms with E-state index in [1.165, 1.54) is 11.8 Å². The van der Waals surface area contributed by atoms with Gasteiger partial charge in [-0.25, -0.2) is 14.4 Å². The monoisotopic (exact) mass is 629 g/mol. The van der Waals surface area contributed by atoms with Gasteiger partial charge in [0.2, 0.25) is 11.8 Å². The van der Waals surface area contributed by atoms with Crippen molar-refractivity contribution in [3.63, 3.8) is 0 Å². The highest BCUT2D eigenvalue weighted by Gasteiger charge is 2.30. The smallest absolute Gasteiger partial charge is 0.408 e. The topological polar surface area (TPSA) is 149 Å². The highest BCUT2D eigenvalue weighted by atomic mass is 32.2. The van der Waals surface area contributed by atoms with Gasteiger partial charge in [0.05, 0.1) is 13.2 Å². The molecule has 0 saturated carbocycles. The molecule has 3 atom stereocenters. The van der Waals surface area contributed by atoms with Crippen LogP contribution in [0.25, 0.3) is 0 Å². The number of hydrogen-bond donors (Lipinski definition) is 3. The maximum atomic E-state index is 13.5. The van der Waals surface area contributed by atoms with Crippen LogP contribution in [0.2, 0.25) is 0 Å². The first-order chi connectivity index (χ1) is 20.9. The van der Waals surface area contributed by atoms with Gasteiger partial charge in [-0.3, -0.25) is 9.59 Å². The molecule has 2 rings (SSSR count). The summed E-state index contributed by atoms with van der Waals surface area (Å²) in [7, 11) is 0. The molecule has 240 valence electrons. The van der Waals surface area contributed by atoms with Gasteiger partial charge < -0.3 is 30.2 Å². The average molecular weight is 630 g/mol. The van der Waals surface area contributed by atoms with Crippen molar-refractivity contribution >= 4 is 41.6 Å². The van der Waals surface area contributed by atoms with E-state index in [1.807, 2.05) is 30.3 Å². The molecule has 2 aromatic carbocycles. The maximum Gasteiger partial charge on any atom is 0.408 e. The summed E-state index contributed by atoms with van der Waals surface area (Å²) in [6.07, 6.45) is -1.12. The number of ether oxygens (including phenoxy) is 3. The summed E-state index contributed by atoms with van der Waals surface area (Å²) >= 11 is 1.44. The lowest BCUT2D eigenvalue weighted by molar-refractivity contribution is -0.148. The summed E-state index contributed by atoms with van der Waals surface area (Å²) in [4.78, 5) is 64.2. The zero-order chi connectivity index (χ0) is 32.5. The SMILES string of the molecule is CCOC(=O)C(CCC(=O)NC(CSCc1ccccc1)C(=O)NC(C(=O)OCC)c1ccccc1)NC(=O)OC(C)(C)C. The fourth-order valence-electron chi connectivity index (χ4n) is 3.93. The van der Waals surface area contributed by atoms with Gasteiger partial charge in [0, 0.05) is 17.9 Å². The first-order valence-corrected chi connectivity index (χ1v) is 15.7. The Kier molecular flexibility index (Phi) is 15.2. The van der Waals surface area contributed by atoms with Crippen LogP contribution in [0.3, 0.4) is 0 Å². The molecule has 0 fully saturated rings. The number of thioether (sulfide) groups is 1. The van der Waals surface area contributed by atoms with E-state index in [1.54, 1.807) is 65.0 Å². The summed E-state index contributed by atoms with van der Waals surface area (Å²) in [5.74, 6) is -1.65. The molecule has 2 aromatic rings. The molecule has 12 heteroatoms. The van der Waals surface area contributed by atoms with E-state index in [9.17, 15) is 24.0 Å². The van der Waals surface area contributed by atoms with Crippen LogP contribution in [0.15, 0.2) is 60.7 Å². The number of carbonyl (C=O) groups is 5. The Labute approximate surface area is 263 Å². The second-order valence-corrected chi connectivity index (χ2v) is 11.7. The number of alkyl carbamates (subject to hydrolysis) is 1. The molecular formula is C32H43N3O8S. The van der Waals surface area contributed by atoms with Crippen LogP contribution in [0.1, 0.15) is 64.6 Å². The molecule has 44 heavy (non-hydrogen) atoms. The van der Waals surface area contributed by atoms with Crippen molar-refractivity contribution in [1.29, 1.82) is 0 Å². The molecule has 3 N–H and O–H groups in total. The van der Waals surface area contributed by atoms with Crippen LogP contribution >= 0.6 is 11.8 Å². The van der Waals surface area contributed by atoms with Crippen molar-refractivity contribution < 1.29 is 38.2 Å². The fourth-order valence-corrected chi connectivity index (χ4v) is 4.94. The van der Waals surface area contributed by atoms with Gasteiger partial charge in [-0.2, -0.15) is 11.8 Å². The van der Waals surface area contributed by atoms with Crippen LogP contribution < -0.4 is 16.0 Å². The second kappa shape index (κ2) is 18.6. The summed E-state index contributed by atoms with van der Waals surface area (Å²) in [5, 5.41) is 7.92. The first-order valence-electron chi connectivity index (χ1n) is 14.5. The van der Waals surface area contributed by atoms with Crippen molar-refractivity contribution in [3.8, 4) is 0 Å².